The lowest BCUT2D eigenvalue weighted by Crippen LogP contribution is -2.40. The van der Waals surface area contributed by atoms with Crippen molar-refractivity contribution in [1.82, 2.24) is 4.31 Å². The number of carboxylic acid groups (broad SMARTS) is 1. The minimum absolute atomic E-state index is 0.165. The van der Waals surface area contributed by atoms with Gasteiger partial charge >= 0.3 is 5.97 Å². The first-order valence-electron chi connectivity index (χ1n) is 6.44. The molecular formula is C13H15Cl2NO4S. The summed E-state index contributed by atoms with van der Waals surface area (Å²) in [6.07, 6.45) is 0.686. The number of carbonyl (C=O) groups is 1. The maximum atomic E-state index is 12.3. The van der Waals surface area contributed by atoms with E-state index >= 15 is 0 Å². The topological polar surface area (TPSA) is 74.7 Å². The zero-order valence-electron chi connectivity index (χ0n) is 11.1. The fourth-order valence-corrected chi connectivity index (χ4v) is 4.18. The Morgan fingerprint density at radius 1 is 1.24 bits per heavy atom. The van der Waals surface area contributed by atoms with Crippen LogP contribution in [0.25, 0.3) is 0 Å². The molecule has 21 heavy (non-hydrogen) atoms. The molecule has 1 aromatic carbocycles. The molecule has 5 nitrogen and oxygen atoms in total. The van der Waals surface area contributed by atoms with E-state index in [1.165, 1.54) is 10.4 Å². The van der Waals surface area contributed by atoms with Crippen molar-refractivity contribution in [3.63, 3.8) is 0 Å². The summed E-state index contributed by atoms with van der Waals surface area (Å²) in [6.45, 7) is 0.473. The molecule has 0 bridgehead atoms. The minimum atomic E-state index is -3.48. The fourth-order valence-electron chi connectivity index (χ4n) is 2.31. The van der Waals surface area contributed by atoms with Gasteiger partial charge in [-0.3, -0.25) is 4.79 Å². The quantitative estimate of drug-likeness (QED) is 0.904. The van der Waals surface area contributed by atoms with Gasteiger partial charge in [0.05, 0.1) is 21.7 Å². The van der Waals surface area contributed by atoms with E-state index in [1.54, 1.807) is 12.1 Å². The van der Waals surface area contributed by atoms with Crippen molar-refractivity contribution in [2.75, 3.05) is 13.1 Å². The second-order valence-corrected chi connectivity index (χ2v) is 7.80. The lowest BCUT2D eigenvalue weighted by molar-refractivity contribution is -0.142. The van der Waals surface area contributed by atoms with E-state index in [4.69, 9.17) is 28.3 Å². The highest BCUT2D eigenvalue weighted by molar-refractivity contribution is 7.88. The Labute approximate surface area is 133 Å². The summed E-state index contributed by atoms with van der Waals surface area (Å²) < 4.78 is 26.0. The van der Waals surface area contributed by atoms with Gasteiger partial charge in [-0.2, -0.15) is 0 Å². The molecule has 1 saturated heterocycles. The van der Waals surface area contributed by atoms with E-state index < -0.39 is 21.9 Å². The van der Waals surface area contributed by atoms with E-state index in [9.17, 15) is 13.2 Å². The van der Waals surface area contributed by atoms with Crippen LogP contribution < -0.4 is 0 Å². The van der Waals surface area contributed by atoms with Gasteiger partial charge in [-0.05, 0) is 30.5 Å². The van der Waals surface area contributed by atoms with E-state index in [0.29, 0.717) is 28.5 Å². The van der Waals surface area contributed by atoms with Gasteiger partial charge in [-0.15, -0.1) is 0 Å². The Kier molecular flexibility index (Phi) is 5.14. The van der Waals surface area contributed by atoms with Crippen molar-refractivity contribution in [1.29, 1.82) is 0 Å². The molecule has 0 atom stereocenters. The van der Waals surface area contributed by atoms with Gasteiger partial charge in [0.2, 0.25) is 10.0 Å². The van der Waals surface area contributed by atoms with Gasteiger partial charge in [-0.1, -0.05) is 29.3 Å². The molecular weight excluding hydrogens is 337 g/mol. The van der Waals surface area contributed by atoms with Gasteiger partial charge in [0.15, 0.2) is 0 Å². The Balaban J connectivity index is 2.05. The minimum Gasteiger partial charge on any atom is -0.481 e. The molecule has 116 valence electrons. The van der Waals surface area contributed by atoms with Gasteiger partial charge < -0.3 is 5.11 Å². The van der Waals surface area contributed by atoms with E-state index in [1.807, 2.05) is 0 Å². The Morgan fingerprint density at radius 2 is 1.86 bits per heavy atom. The number of sulfonamides is 1. The van der Waals surface area contributed by atoms with Crippen LogP contribution in [0.4, 0.5) is 0 Å². The lowest BCUT2D eigenvalue weighted by Gasteiger charge is -2.29. The predicted molar refractivity (Wildman–Crippen MR) is 81.0 cm³/mol. The third-order valence-electron chi connectivity index (χ3n) is 3.53. The van der Waals surface area contributed by atoms with Crippen molar-refractivity contribution in [2.45, 2.75) is 18.6 Å². The molecule has 0 radical (unpaired) electrons. The first kappa shape index (κ1) is 16.5. The molecule has 2 rings (SSSR count). The third kappa shape index (κ3) is 4.10. The first-order chi connectivity index (χ1) is 9.79. The summed E-state index contributed by atoms with van der Waals surface area (Å²) >= 11 is 11.7. The SMILES string of the molecule is O=C(O)C1CCN(S(=O)(=O)Cc2ccc(Cl)c(Cl)c2)CC1. The summed E-state index contributed by atoms with van der Waals surface area (Å²) in [5.41, 5.74) is 0.560. The standard InChI is InChI=1S/C13H15Cl2NO4S/c14-11-2-1-9(7-12(11)15)8-21(19,20)16-5-3-10(4-6-16)13(17)18/h1-2,7,10H,3-6,8H2,(H,17,18). The van der Waals surface area contributed by atoms with Crippen molar-refractivity contribution < 1.29 is 18.3 Å². The van der Waals surface area contributed by atoms with Crippen LogP contribution >= 0.6 is 23.2 Å². The first-order valence-corrected chi connectivity index (χ1v) is 8.80. The summed E-state index contributed by atoms with van der Waals surface area (Å²) in [4.78, 5) is 10.9. The average Bonchev–Trinajstić information content (AvgIpc) is 2.43. The fraction of sp³-hybridized carbons (Fsp3) is 0.462. The Hall–Kier alpha value is -0.820. The van der Waals surface area contributed by atoms with Gasteiger partial charge in [0.1, 0.15) is 0 Å². The van der Waals surface area contributed by atoms with Crippen molar-refractivity contribution in [3.05, 3.63) is 33.8 Å². The van der Waals surface area contributed by atoms with Crippen LogP contribution in [-0.2, 0) is 20.6 Å². The number of carboxylic acids is 1. The molecule has 1 heterocycles. The van der Waals surface area contributed by atoms with Crippen molar-refractivity contribution >= 4 is 39.2 Å². The van der Waals surface area contributed by atoms with Crippen LogP contribution in [0.5, 0.6) is 0 Å². The molecule has 0 spiro atoms. The predicted octanol–water partition coefficient (Wildman–Crippen LogP) is 2.62. The van der Waals surface area contributed by atoms with Crippen LogP contribution in [0.2, 0.25) is 10.0 Å². The zero-order chi connectivity index (χ0) is 15.6. The van der Waals surface area contributed by atoms with Gasteiger partial charge in [0, 0.05) is 13.1 Å². The van der Waals surface area contributed by atoms with Crippen LogP contribution in [0.15, 0.2) is 18.2 Å². The number of hydrogen-bond acceptors (Lipinski definition) is 3. The van der Waals surface area contributed by atoms with Gasteiger partial charge in [-0.25, -0.2) is 12.7 Å². The molecule has 0 aliphatic carbocycles. The lowest BCUT2D eigenvalue weighted by atomic mass is 9.99. The number of halogens is 2. The number of benzene rings is 1. The highest BCUT2D eigenvalue weighted by Crippen LogP contribution is 2.25. The third-order valence-corrected chi connectivity index (χ3v) is 6.12. The number of hydrogen-bond donors (Lipinski definition) is 1. The van der Waals surface area contributed by atoms with E-state index in [0.717, 1.165) is 0 Å². The van der Waals surface area contributed by atoms with Crippen LogP contribution in [0.3, 0.4) is 0 Å². The molecule has 0 unspecified atom stereocenters. The highest BCUT2D eigenvalue weighted by atomic mass is 35.5. The molecule has 0 amide bonds. The molecule has 1 aromatic rings. The second kappa shape index (κ2) is 6.52. The summed E-state index contributed by atoms with van der Waals surface area (Å²) in [5, 5.41) is 9.61. The summed E-state index contributed by atoms with van der Waals surface area (Å²) in [5.74, 6) is -1.49. The Morgan fingerprint density at radius 3 is 2.38 bits per heavy atom. The maximum Gasteiger partial charge on any atom is 0.306 e. The smallest absolute Gasteiger partial charge is 0.306 e. The number of rotatable bonds is 4. The summed E-state index contributed by atoms with van der Waals surface area (Å²) in [6, 6.07) is 4.71. The average molecular weight is 352 g/mol. The number of nitrogens with zero attached hydrogens (tertiary/aromatic N) is 1. The van der Waals surface area contributed by atoms with Crippen LogP contribution in [0.1, 0.15) is 18.4 Å². The zero-order valence-corrected chi connectivity index (χ0v) is 13.5. The second-order valence-electron chi connectivity index (χ2n) is 5.02. The largest absolute Gasteiger partial charge is 0.481 e. The molecule has 8 heteroatoms. The normalized spacial score (nSPS) is 17.8. The van der Waals surface area contributed by atoms with Gasteiger partial charge in [0.25, 0.3) is 0 Å². The van der Waals surface area contributed by atoms with E-state index in [2.05, 4.69) is 0 Å². The molecule has 1 aliphatic heterocycles. The number of piperidine rings is 1. The van der Waals surface area contributed by atoms with Crippen molar-refractivity contribution in [3.8, 4) is 0 Å². The van der Waals surface area contributed by atoms with Crippen molar-refractivity contribution in [2.24, 2.45) is 5.92 Å². The monoisotopic (exact) mass is 351 g/mol. The molecule has 1 aliphatic rings. The number of aliphatic carboxylic acids is 1. The molecule has 1 N–H and O–H groups in total. The Bertz CT molecular complexity index is 640. The van der Waals surface area contributed by atoms with E-state index in [-0.39, 0.29) is 18.8 Å². The molecule has 0 aromatic heterocycles. The summed E-state index contributed by atoms with van der Waals surface area (Å²) in [7, 11) is -3.48. The van der Waals surface area contributed by atoms with Crippen LogP contribution in [0, 0.1) is 5.92 Å². The van der Waals surface area contributed by atoms with Crippen LogP contribution in [-0.4, -0.2) is 36.9 Å². The maximum absolute atomic E-state index is 12.3. The highest BCUT2D eigenvalue weighted by Gasteiger charge is 2.31. The molecule has 1 fully saturated rings. The molecule has 0 saturated carbocycles.